The third kappa shape index (κ3) is 6.46. The Morgan fingerprint density at radius 3 is 2.66 bits per heavy atom. The number of anilines is 1. The summed E-state index contributed by atoms with van der Waals surface area (Å²) in [5, 5.41) is 16.7. The predicted octanol–water partition coefficient (Wildman–Crippen LogP) is 3.35. The highest BCUT2D eigenvalue weighted by molar-refractivity contribution is 5.75. The zero-order valence-corrected chi connectivity index (χ0v) is 16.0. The number of amides is 1. The van der Waals surface area contributed by atoms with Crippen molar-refractivity contribution in [3.63, 3.8) is 0 Å². The molecule has 0 atom stereocenters. The van der Waals surface area contributed by atoms with E-state index >= 15 is 0 Å². The lowest BCUT2D eigenvalue weighted by Crippen LogP contribution is -2.23. The van der Waals surface area contributed by atoms with Gasteiger partial charge in [-0.05, 0) is 29.7 Å². The Kier molecular flexibility index (Phi) is 6.94. The SMILES string of the molecule is O=C(CCCNc1ccc([N+](=O)[O-])cc1)NCc1cccc(Cn2ccnc2)c1. The van der Waals surface area contributed by atoms with E-state index in [0.717, 1.165) is 23.4 Å². The molecule has 0 fully saturated rings. The predicted molar refractivity (Wildman–Crippen MR) is 110 cm³/mol. The second-order valence-corrected chi connectivity index (χ2v) is 6.67. The molecule has 0 aliphatic heterocycles. The fourth-order valence-corrected chi connectivity index (χ4v) is 2.90. The second-order valence-electron chi connectivity index (χ2n) is 6.67. The average Bonchev–Trinajstić information content (AvgIpc) is 3.23. The number of hydrogen-bond acceptors (Lipinski definition) is 5. The first kappa shape index (κ1) is 20.1. The molecule has 0 saturated carbocycles. The number of aromatic nitrogens is 2. The molecule has 2 N–H and O–H groups in total. The Hall–Kier alpha value is -3.68. The Balaban J connectivity index is 1.36. The lowest BCUT2D eigenvalue weighted by molar-refractivity contribution is -0.384. The Morgan fingerprint density at radius 2 is 1.93 bits per heavy atom. The van der Waals surface area contributed by atoms with Gasteiger partial charge in [0.05, 0.1) is 11.3 Å². The molecule has 0 unspecified atom stereocenters. The smallest absolute Gasteiger partial charge is 0.269 e. The number of carbonyl (C=O) groups is 1. The molecule has 8 nitrogen and oxygen atoms in total. The van der Waals surface area contributed by atoms with Crippen molar-refractivity contribution < 1.29 is 9.72 Å². The van der Waals surface area contributed by atoms with Crippen LogP contribution in [-0.2, 0) is 17.9 Å². The molecule has 0 aliphatic carbocycles. The molecule has 0 saturated heterocycles. The number of nitrogens with one attached hydrogen (secondary N) is 2. The highest BCUT2D eigenvalue weighted by Gasteiger charge is 2.05. The molecular weight excluding hydrogens is 370 g/mol. The number of hydrogen-bond donors (Lipinski definition) is 2. The van der Waals surface area contributed by atoms with Gasteiger partial charge in [-0.2, -0.15) is 0 Å². The number of carbonyl (C=O) groups excluding carboxylic acids is 1. The van der Waals surface area contributed by atoms with Gasteiger partial charge in [0, 0.05) is 56.3 Å². The number of nitro groups is 1. The monoisotopic (exact) mass is 393 g/mol. The molecule has 0 spiro atoms. The van der Waals surface area contributed by atoms with Crippen molar-refractivity contribution in [3.8, 4) is 0 Å². The Morgan fingerprint density at radius 1 is 1.14 bits per heavy atom. The number of nitro benzene ring substituents is 1. The third-order valence-corrected chi connectivity index (χ3v) is 4.39. The fourth-order valence-electron chi connectivity index (χ4n) is 2.90. The maximum absolute atomic E-state index is 12.1. The summed E-state index contributed by atoms with van der Waals surface area (Å²) < 4.78 is 2.00. The van der Waals surface area contributed by atoms with Crippen LogP contribution >= 0.6 is 0 Å². The summed E-state index contributed by atoms with van der Waals surface area (Å²) in [6.07, 6.45) is 6.52. The minimum Gasteiger partial charge on any atom is -0.385 e. The normalized spacial score (nSPS) is 10.5. The minimum absolute atomic E-state index is 0.00416. The van der Waals surface area contributed by atoms with Gasteiger partial charge in [0.1, 0.15) is 0 Å². The van der Waals surface area contributed by atoms with Crippen molar-refractivity contribution >= 4 is 17.3 Å². The summed E-state index contributed by atoms with van der Waals surface area (Å²) in [4.78, 5) is 26.3. The molecule has 0 bridgehead atoms. The van der Waals surface area contributed by atoms with Gasteiger partial charge in [-0.25, -0.2) is 4.98 Å². The maximum Gasteiger partial charge on any atom is 0.269 e. The van der Waals surface area contributed by atoms with Crippen LogP contribution in [0.15, 0.2) is 67.3 Å². The highest BCUT2D eigenvalue weighted by Crippen LogP contribution is 2.15. The van der Waals surface area contributed by atoms with Gasteiger partial charge in [0.25, 0.3) is 5.69 Å². The van der Waals surface area contributed by atoms with Crippen molar-refractivity contribution in [1.82, 2.24) is 14.9 Å². The van der Waals surface area contributed by atoms with Crippen LogP contribution in [0.5, 0.6) is 0 Å². The van der Waals surface area contributed by atoms with E-state index in [4.69, 9.17) is 0 Å². The molecule has 8 heteroatoms. The van der Waals surface area contributed by atoms with Crippen LogP contribution in [0, 0.1) is 10.1 Å². The van der Waals surface area contributed by atoms with E-state index in [2.05, 4.69) is 27.8 Å². The molecule has 150 valence electrons. The van der Waals surface area contributed by atoms with Gasteiger partial charge in [-0.1, -0.05) is 24.3 Å². The first-order valence-electron chi connectivity index (χ1n) is 9.39. The number of benzene rings is 2. The van der Waals surface area contributed by atoms with Crippen LogP contribution in [-0.4, -0.2) is 26.9 Å². The number of non-ortho nitro benzene ring substituents is 1. The zero-order chi connectivity index (χ0) is 20.5. The molecule has 29 heavy (non-hydrogen) atoms. The lowest BCUT2D eigenvalue weighted by atomic mass is 10.1. The average molecular weight is 393 g/mol. The Bertz CT molecular complexity index is 939. The van der Waals surface area contributed by atoms with Gasteiger partial charge >= 0.3 is 0 Å². The molecule has 2 aromatic carbocycles. The number of imidazole rings is 1. The quantitative estimate of drug-likeness (QED) is 0.312. The van der Waals surface area contributed by atoms with E-state index in [-0.39, 0.29) is 11.6 Å². The molecule has 0 aliphatic rings. The molecular formula is C21H23N5O3. The minimum atomic E-state index is -0.429. The van der Waals surface area contributed by atoms with Crippen molar-refractivity contribution in [2.45, 2.75) is 25.9 Å². The molecule has 1 amide bonds. The lowest BCUT2D eigenvalue weighted by Gasteiger charge is -2.09. The van der Waals surface area contributed by atoms with Crippen molar-refractivity contribution in [1.29, 1.82) is 0 Å². The summed E-state index contributed by atoms with van der Waals surface area (Å²) in [5.41, 5.74) is 3.07. The van der Waals surface area contributed by atoms with E-state index in [1.54, 1.807) is 24.7 Å². The zero-order valence-electron chi connectivity index (χ0n) is 16.0. The van der Waals surface area contributed by atoms with Crippen LogP contribution in [0.1, 0.15) is 24.0 Å². The van der Waals surface area contributed by atoms with Gasteiger partial charge in [0.15, 0.2) is 0 Å². The van der Waals surface area contributed by atoms with E-state index in [0.29, 0.717) is 25.9 Å². The van der Waals surface area contributed by atoms with Crippen LogP contribution < -0.4 is 10.6 Å². The van der Waals surface area contributed by atoms with Crippen molar-refractivity contribution in [2.75, 3.05) is 11.9 Å². The first-order valence-corrected chi connectivity index (χ1v) is 9.39. The van der Waals surface area contributed by atoms with Gasteiger partial charge in [0.2, 0.25) is 5.91 Å². The molecule has 3 rings (SSSR count). The maximum atomic E-state index is 12.1. The molecule has 0 radical (unpaired) electrons. The van der Waals surface area contributed by atoms with Crippen LogP contribution in [0.2, 0.25) is 0 Å². The fraction of sp³-hybridized carbons (Fsp3) is 0.238. The largest absolute Gasteiger partial charge is 0.385 e. The molecule has 1 aromatic heterocycles. The van der Waals surface area contributed by atoms with Crippen LogP contribution in [0.3, 0.4) is 0 Å². The van der Waals surface area contributed by atoms with Gasteiger partial charge in [-0.15, -0.1) is 0 Å². The summed E-state index contributed by atoms with van der Waals surface area (Å²) in [6, 6.07) is 14.3. The topological polar surface area (TPSA) is 102 Å². The van der Waals surface area contributed by atoms with Gasteiger partial charge in [-0.3, -0.25) is 14.9 Å². The van der Waals surface area contributed by atoms with E-state index in [1.807, 2.05) is 22.9 Å². The van der Waals surface area contributed by atoms with E-state index in [9.17, 15) is 14.9 Å². The second kappa shape index (κ2) is 10.0. The first-order chi connectivity index (χ1) is 14.1. The summed E-state index contributed by atoms with van der Waals surface area (Å²) in [5.74, 6) is -0.00416. The van der Waals surface area contributed by atoms with Crippen molar-refractivity contribution in [3.05, 3.63) is 88.5 Å². The Labute approximate surface area is 168 Å². The van der Waals surface area contributed by atoms with E-state index < -0.39 is 4.92 Å². The van der Waals surface area contributed by atoms with Gasteiger partial charge < -0.3 is 15.2 Å². The van der Waals surface area contributed by atoms with Crippen molar-refractivity contribution in [2.24, 2.45) is 0 Å². The number of rotatable bonds is 10. The van der Waals surface area contributed by atoms with E-state index in [1.165, 1.54) is 12.1 Å². The number of nitrogens with zero attached hydrogens (tertiary/aromatic N) is 3. The van der Waals surface area contributed by atoms with Crippen LogP contribution in [0.25, 0.3) is 0 Å². The summed E-state index contributed by atoms with van der Waals surface area (Å²) >= 11 is 0. The standard InChI is InChI=1S/C21H23N5O3/c27-21(5-2-10-23-19-6-8-20(9-7-19)26(28)29)24-14-17-3-1-4-18(13-17)15-25-12-11-22-16-25/h1,3-4,6-9,11-13,16,23H,2,5,10,14-15H2,(H,24,27). The molecule has 1 heterocycles. The summed E-state index contributed by atoms with van der Waals surface area (Å²) in [7, 11) is 0. The highest BCUT2D eigenvalue weighted by atomic mass is 16.6. The van der Waals surface area contributed by atoms with Crippen LogP contribution in [0.4, 0.5) is 11.4 Å². The molecule has 3 aromatic rings. The third-order valence-electron chi connectivity index (χ3n) is 4.39. The summed E-state index contributed by atoms with van der Waals surface area (Å²) in [6.45, 7) is 1.86.